The predicted octanol–water partition coefficient (Wildman–Crippen LogP) is 4.58. The summed E-state index contributed by atoms with van der Waals surface area (Å²) in [5.41, 5.74) is 3.42. The summed E-state index contributed by atoms with van der Waals surface area (Å²) in [5, 5.41) is 3.90. The quantitative estimate of drug-likeness (QED) is 0.247. The monoisotopic (exact) mass is 470 g/mol. The minimum absolute atomic E-state index is 0.258. The summed E-state index contributed by atoms with van der Waals surface area (Å²) in [7, 11) is 1.54. The number of rotatable bonds is 6. The standard InChI is InChI=1S/C22H16BrFN2O4/c1-29-19-9-4-15(5-10-19)22(28)30-20-11-6-17(23)12-16(20)13-25-26-21(27)14-2-7-18(24)8-3-14/h2-13H,1H3,(H,26,27). The van der Waals surface area contributed by atoms with Crippen molar-refractivity contribution in [2.45, 2.75) is 0 Å². The second-order valence-corrected chi connectivity index (χ2v) is 6.92. The number of nitrogens with zero attached hydrogens (tertiary/aromatic N) is 1. The third-order valence-electron chi connectivity index (χ3n) is 3.98. The average Bonchev–Trinajstić information content (AvgIpc) is 2.76. The first-order valence-electron chi connectivity index (χ1n) is 8.71. The van der Waals surface area contributed by atoms with Gasteiger partial charge >= 0.3 is 5.97 Å². The van der Waals surface area contributed by atoms with E-state index >= 15 is 0 Å². The van der Waals surface area contributed by atoms with Crippen LogP contribution in [0, 0.1) is 5.82 Å². The van der Waals surface area contributed by atoms with Gasteiger partial charge in [-0.1, -0.05) is 15.9 Å². The molecule has 152 valence electrons. The lowest BCUT2D eigenvalue weighted by Gasteiger charge is -2.08. The molecule has 3 rings (SSSR count). The Morgan fingerprint density at radius 2 is 1.67 bits per heavy atom. The lowest BCUT2D eigenvalue weighted by molar-refractivity contribution is 0.0734. The van der Waals surface area contributed by atoms with Crippen LogP contribution in [0.4, 0.5) is 4.39 Å². The van der Waals surface area contributed by atoms with E-state index in [0.717, 1.165) is 4.47 Å². The highest BCUT2D eigenvalue weighted by atomic mass is 79.9. The number of esters is 1. The van der Waals surface area contributed by atoms with Gasteiger partial charge in [-0.05, 0) is 66.7 Å². The molecular weight excluding hydrogens is 455 g/mol. The average molecular weight is 471 g/mol. The molecule has 0 fully saturated rings. The zero-order chi connectivity index (χ0) is 21.5. The summed E-state index contributed by atoms with van der Waals surface area (Å²) in [6.45, 7) is 0. The summed E-state index contributed by atoms with van der Waals surface area (Å²) >= 11 is 3.35. The van der Waals surface area contributed by atoms with Gasteiger partial charge in [0.15, 0.2) is 0 Å². The van der Waals surface area contributed by atoms with Crippen LogP contribution in [0.15, 0.2) is 76.3 Å². The molecule has 0 aliphatic carbocycles. The first-order chi connectivity index (χ1) is 14.5. The molecule has 0 aromatic heterocycles. The molecule has 3 aromatic carbocycles. The predicted molar refractivity (Wildman–Crippen MR) is 114 cm³/mol. The molecule has 0 atom stereocenters. The summed E-state index contributed by atoms with van der Waals surface area (Å²) in [6, 6.07) is 16.6. The molecule has 0 radical (unpaired) electrons. The Hall–Kier alpha value is -3.52. The summed E-state index contributed by atoms with van der Waals surface area (Å²) < 4.78 is 24.2. The van der Waals surface area contributed by atoms with E-state index in [9.17, 15) is 14.0 Å². The van der Waals surface area contributed by atoms with Crippen LogP contribution in [-0.2, 0) is 0 Å². The number of benzene rings is 3. The maximum Gasteiger partial charge on any atom is 0.343 e. The number of carbonyl (C=O) groups is 2. The van der Waals surface area contributed by atoms with Crippen LogP contribution in [-0.4, -0.2) is 25.2 Å². The van der Waals surface area contributed by atoms with E-state index in [2.05, 4.69) is 26.5 Å². The van der Waals surface area contributed by atoms with Crippen LogP contribution >= 0.6 is 15.9 Å². The van der Waals surface area contributed by atoms with Crippen molar-refractivity contribution in [1.29, 1.82) is 0 Å². The lowest BCUT2D eigenvalue weighted by atomic mass is 10.2. The van der Waals surface area contributed by atoms with Crippen LogP contribution in [0.2, 0.25) is 0 Å². The topological polar surface area (TPSA) is 77.0 Å². The molecule has 8 heteroatoms. The molecular formula is C22H16BrFN2O4. The molecule has 30 heavy (non-hydrogen) atoms. The fourth-order valence-corrected chi connectivity index (χ4v) is 2.80. The van der Waals surface area contributed by atoms with Crippen LogP contribution in [0.5, 0.6) is 11.5 Å². The molecule has 0 bridgehead atoms. The first kappa shape index (κ1) is 21.2. The summed E-state index contributed by atoms with van der Waals surface area (Å²) in [5.74, 6) is -0.603. The normalized spacial score (nSPS) is 10.6. The van der Waals surface area contributed by atoms with E-state index < -0.39 is 17.7 Å². The van der Waals surface area contributed by atoms with Gasteiger partial charge in [0.05, 0.1) is 18.9 Å². The van der Waals surface area contributed by atoms with Crippen molar-refractivity contribution >= 4 is 34.0 Å². The van der Waals surface area contributed by atoms with Crippen molar-refractivity contribution < 1.29 is 23.5 Å². The van der Waals surface area contributed by atoms with E-state index in [1.54, 1.807) is 42.5 Å². The second kappa shape index (κ2) is 9.80. The Labute approximate surface area is 180 Å². The molecule has 3 aromatic rings. The number of methoxy groups -OCH3 is 1. The molecule has 0 aliphatic rings. The van der Waals surface area contributed by atoms with Gasteiger partial charge in [0, 0.05) is 15.6 Å². The number of hydrogen-bond donors (Lipinski definition) is 1. The van der Waals surface area contributed by atoms with Gasteiger partial charge in [-0.15, -0.1) is 0 Å². The Morgan fingerprint density at radius 1 is 1.00 bits per heavy atom. The largest absolute Gasteiger partial charge is 0.497 e. The zero-order valence-corrected chi connectivity index (χ0v) is 17.4. The van der Waals surface area contributed by atoms with E-state index in [4.69, 9.17) is 9.47 Å². The van der Waals surface area contributed by atoms with Crippen molar-refractivity contribution in [3.05, 3.63) is 93.7 Å². The highest BCUT2D eigenvalue weighted by molar-refractivity contribution is 9.10. The number of amides is 1. The minimum atomic E-state index is -0.551. The smallest absolute Gasteiger partial charge is 0.343 e. The maximum absolute atomic E-state index is 13.0. The molecule has 0 heterocycles. The second-order valence-electron chi connectivity index (χ2n) is 6.01. The molecule has 0 spiro atoms. The number of halogens is 2. The van der Waals surface area contributed by atoms with Gasteiger partial charge in [0.1, 0.15) is 17.3 Å². The van der Waals surface area contributed by atoms with Gasteiger partial charge in [0.2, 0.25) is 0 Å². The highest BCUT2D eigenvalue weighted by Crippen LogP contribution is 2.23. The Balaban J connectivity index is 1.72. The van der Waals surface area contributed by atoms with Gasteiger partial charge < -0.3 is 9.47 Å². The number of carbonyl (C=O) groups excluding carboxylic acids is 2. The molecule has 6 nitrogen and oxygen atoms in total. The van der Waals surface area contributed by atoms with Crippen LogP contribution in [0.1, 0.15) is 26.3 Å². The maximum atomic E-state index is 13.0. The van der Waals surface area contributed by atoms with Crippen LogP contribution in [0.3, 0.4) is 0 Å². The lowest BCUT2D eigenvalue weighted by Crippen LogP contribution is -2.17. The Kier molecular flexibility index (Phi) is 6.92. The number of hydrogen-bond acceptors (Lipinski definition) is 5. The van der Waals surface area contributed by atoms with Crippen molar-refractivity contribution in [2.75, 3.05) is 7.11 Å². The Bertz CT molecular complexity index is 1080. The molecule has 0 saturated carbocycles. The van der Waals surface area contributed by atoms with Crippen LogP contribution < -0.4 is 14.9 Å². The third-order valence-corrected chi connectivity index (χ3v) is 4.47. The fraction of sp³-hybridized carbons (Fsp3) is 0.0455. The molecule has 0 unspecified atom stereocenters. The summed E-state index contributed by atoms with van der Waals surface area (Å²) in [6.07, 6.45) is 1.35. The molecule has 1 N–H and O–H groups in total. The summed E-state index contributed by atoms with van der Waals surface area (Å²) in [4.78, 5) is 24.5. The van der Waals surface area contributed by atoms with Crippen LogP contribution in [0.25, 0.3) is 0 Å². The van der Waals surface area contributed by atoms with E-state index in [1.165, 1.54) is 37.6 Å². The molecule has 0 saturated heterocycles. The Morgan fingerprint density at radius 3 is 2.33 bits per heavy atom. The van der Waals surface area contributed by atoms with Gasteiger partial charge in [0.25, 0.3) is 5.91 Å². The SMILES string of the molecule is COc1ccc(C(=O)Oc2ccc(Br)cc2C=NNC(=O)c2ccc(F)cc2)cc1. The minimum Gasteiger partial charge on any atom is -0.497 e. The van der Waals surface area contributed by atoms with Gasteiger partial charge in [-0.2, -0.15) is 5.10 Å². The van der Waals surface area contributed by atoms with Gasteiger partial charge in [-0.3, -0.25) is 4.79 Å². The van der Waals surface area contributed by atoms with Crippen molar-refractivity contribution in [1.82, 2.24) is 5.43 Å². The number of ether oxygens (including phenoxy) is 2. The van der Waals surface area contributed by atoms with Crippen molar-refractivity contribution in [3.63, 3.8) is 0 Å². The van der Waals surface area contributed by atoms with E-state index in [-0.39, 0.29) is 11.3 Å². The van der Waals surface area contributed by atoms with E-state index in [1.807, 2.05) is 0 Å². The highest BCUT2D eigenvalue weighted by Gasteiger charge is 2.12. The first-order valence-corrected chi connectivity index (χ1v) is 9.50. The fourth-order valence-electron chi connectivity index (χ4n) is 2.43. The van der Waals surface area contributed by atoms with Gasteiger partial charge in [-0.25, -0.2) is 14.6 Å². The third kappa shape index (κ3) is 5.51. The molecule has 0 aliphatic heterocycles. The molecule has 1 amide bonds. The number of hydrazone groups is 1. The van der Waals surface area contributed by atoms with Crippen molar-refractivity contribution in [2.24, 2.45) is 5.10 Å². The zero-order valence-electron chi connectivity index (χ0n) is 15.8. The number of nitrogens with one attached hydrogen (secondary N) is 1. The van der Waals surface area contributed by atoms with E-state index in [0.29, 0.717) is 16.9 Å². The van der Waals surface area contributed by atoms with Crippen molar-refractivity contribution in [3.8, 4) is 11.5 Å².